The van der Waals surface area contributed by atoms with Crippen LogP contribution in [0.15, 0.2) is 91.0 Å². The molecule has 5 aromatic carbocycles. The predicted molar refractivity (Wildman–Crippen MR) is 239 cm³/mol. The third kappa shape index (κ3) is 9.26. The van der Waals surface area contributed by atoms with Gasteiger partial charge in [-0.25, -0.2) is 14.4 Å². The number of carbonyl (C=O) groups is 6. The molecule has 2 aliphatic carbocycles. The van der Waals surface area contributed by atoms with Crippen molar-refractivity contribution < 1.29 is 87.3 Å². The lowest BCUT2D eigenvalue weighted by atomic mass is 9.72. The summed E-state index contributed by atoms with van der Waals surface area (Å²) in [5.74, 6) is -7.92. The molecule has 0 spiro atoms. The van der Waals surface area contributed by atoms with Crippen molar-refractivity contribution in [1.29, 1.82) is 0 Å². The van der Waals surface area contributed by atoms with Crippen molar-refractivity contribution in [2.24, 2.45) is 0 Å². The smallest absolute Gasteiger partial charge is 0.338 e. The zero-order valence-electron chi connectivity index (χ0n) is 37.4. The number of ether oxygens (including phenoxy) is 6. The third-order valence-electron chi connectivity index (χ3n) is 12.4. The molecular formula is C48H37N3O21. The van der Waals surface area contributed by atoms with E-state index in [1.54, 1.807) is 0 Å². The minimum Gasteiger partial charge on any atom is -0.507 e. The Hall–Kier alpha value is -9.00. The van der Waals surface area contributed by atoms with E-state index in [9.17, 15) is 74.4 Å². The number of rotatable bonds is 14. The summed E-state index contributed by atoms with van der Waals surface area (Å²) in [6.07, 6.45) is -10.8. The Bertz CT molecular complexity index is 3120. The van der Waals surface area contributed by atoms with Crippen LogP contribution in [0.5, 0.6) is 17.2 Å². The number of aliphatic hydroxyl groups is 1. The summed E-state index contributed by atoms with van der Waals surface area (Å²) in [5.41, 5.74) is -6.67. The molecule has 3 N–H and O–H groups in total. The molecule has 6 unspecified atom stereocenters. The van der Waals surface area contributed by atoms with E-state index in [4.69, 9.17) is 28.4 Å². The Morgan fingerprint density at radius 3 is 1.74 bits per heavy atom. The van der Waals surface area contributed by atoms with Crippen LogP contribution in [-0.2, 0) is 34.9 Å². The molecule has 3 aliphatic rings. The Labute approximate surface area is 403 Å². The van der Waals surface area contributed by atoms with Crippen LogP contribution < -0.4 is 4.74 Å². The number of phenols is 2. The molecule has 0 bridgehead atoms. The van der Waals surface area contributed by atoms with Gasteiger partial charge in [-0.15, -0.1) is 0 Å². The number of non-ortho nitro benzene ring substituents is 3. The first-order valence-corrected chi connectivity index (χ1v) is 21.4. The van der Waals surface area contributed by atoms with Crippen molar-refractivity contribution in [3.8, 4) is 17.2 Å². The number of carbonyl (C=O) groups excluding carboxylic acids is 6. The number of Topliss-reactive ketones (excluding diaryl/α,β-unsaturated/α-hetero) is 1. The predicted octanol–water partition coefficient (Wildman–Crippen LogP) is 5.35. The summed E-state index contributed by atoms with van der Waals surface area (Å²) in [5, 5.41) is 69.8. The quantitative estimate of drug-likeness (QED) is 0.0407. The molecule has 1 saturated heterocycles. The second-order valence-electron chi connectivity index (χ2n) is 16.6. The summed E-state index contributed by atoms with van der Waals surface area (Å²) >= 11 is 0. The number of aromatic hydroxyl groups is 2. The van der Waals surface area contributed by atoms with Crippen LogP contribution in [0.1, 0.15) is 99.9 Å². The van der Waals surface area contributed by atoms with Gasteiger partial charge in [0.25, 0.3) is 17.1 Å². The van der Waals surface area contributed by atoms with Crippen molar-refractivity contribution in [1.82, 2.24) is 0 Å². The molecule has 370 valence electrons. The topological polar surface area (TPSA) is 348 Å². The van der Waals surface area contributed by atoms with Gasteiger partial charge in [0, 0.05) is 72.4 Å². The van der Waals surface area contributed by atoms with Crippen molar-refractivity contribution in [2.45, 2.75) is 62.5 Å². The van der Waals surface area contributed by atoms with Gasteiger partial charge in [0.1, 0.15) is 41.7 Å². The summed E-state index contributed by atoms with van der Waals surface area (Å²) < 4.78 is 35.2. The highest BCUT2D eigenvalue weighted by molar-refractivity contribution is 6.31. The van der Waals surface area contributed by atoms with Gasteiger partial charge in [0.15, 0.2) is 24.0 Å². The van der Waals surface area contributed by atoms with Crippen LogP contribution in [0, 0.1) is 30.3 Å². The zero-order valence-corrected chi connectivity index (χ0v) is 37.4. The van der Waals surface area contributed by atoms with Gasteiger partial charge in [-0.3, -0.25) is 44.7 Å². The van der Waals surface area contributed by atoms with E-state index < -0.39 is 135 Å². The van der Waals surface area contributed by atoms with Crippen LogP contribution in [0.4, 0.5) is 17.1 Å². The average Bonchev–Trinajstić information content (AvgIpc) is 3.36. The monoisotopic (exact) mass is 991 g/mol. The molecule has 0 radical (unpaired) electrons. The molecule has 0 amide bonds. The minimum absolute atomic E-state index is 0.0408. The zero-order chi connectivity index (χ0) is 51.9. The van der Waals surface area contributed by atoms with Gasteiger partial charge in [0.2, 0.25) is 5.78 Å². The lowest BCUT2D eigenvalue weighted by molar-refractivity contribution is -0.385. The Morgan fingerprint density at radius 2 is 1.22 bits per heavy atom. The van der Waals surface area contributed by atoms with Crippen LogP contribution in [0.25, 0.3) is 0 Å². The molecule has 24 heteroatoms. The van der Waals surface area contributed by atoms with Gasteiger partial charge in [-0.1, -0.05) is 12.1 Å². The van der Waals surface area contributed by atoms with E-state index in [0.717, 1.165) is 79.7 Å². The van der Waals surface area contributed by atoms with Crippen LogP contribution >= 0.6 is 0 Å². The number of fused-ring (bicyclic) bond motifs is 3. The number of esters is 3. The van der Waals surface area contributed by atoms with Crippen LogP contribution in [-0.4, -0.2) is 109 Å². The number of nitro benzene ring substituents is 3. The molecular weight excluding hydrogens is 955 g/mol. The fourth-order valence-corrected chi connectivity index (χ4v) is 8.66. The second kappa shape index (κ2) is 19.4. The first-order valence-electron chi connectivity index (χ1n) is 21.4. The maximum absolute atomic E-state index is 14.2. The molecule has 5 aromatic rings. The van der Waals surface area contributed by atoms with Crippen molar-refractivity contribution in [3.05, 3.63) is 171 Å². The van der Waals surface area contributed by atoms with Gasteiger partial charge < -0.3 is 43.7 Å². The van der Waals surface area contributed by atoms with Crippen molar-refractivity contribution in [2.75, 3.05) is 13.7 Å². The number of nitro groups is 3. The summed E-state index contributed by atoms with van der Waals surface area (Å²) in [4.78, 5) is 114. The Kier molecular flexibility index (Phi) is 13.3. The summed E-state index contributed by atoms with van der Waals surface area (Å²) in [7, 11) is 1.24. The van der Waals surface area contributed by atoms with Crippen molar-refractivity contribution in [3.63, 3.8) is 0 Å². The molecule has 8 rings (SSSR count). The number of benzene rings is 5. The van der Waals surface area contributed by atoms with Gasteiger partial charge in [0.05, 0.1) is 61.4 Å². The molecule has 24 nitrogen and oxygen atoms in total. The number of hydrogen-bond acceptors (Lipinski definition) is 21. The molecule has 0 aromatic heterocycles. The molecule has 6 atom stereocenters. The fraction of sp³-hybridized carbons (Fsp3) is 0.250. The average molecular weight is 992 g/mol. The number of ketones is 3. The second-order valence-corrected chi connectivity index (χ2v) is 16.6. The standard InChI is InChI=1S/C48H37N3O21/c1-22(52)48(60)19-30-37(43(56)39-38(41(30)54)40(53)29-4-3-5-31(67-2)36(29)42(39)55)33(20-48)69-35-18-32(71-46(58)24-8-14-27(15-9-24)50(63)64)44(72-47(59)25-10-16-28(17-11-25)51(65)66)34(70-35)21-68-45(57)23-6-12-26(13-7-23)49(61)62/h3-17,32-35,44,54,56,60H,18-21H2,1-2H3. The number of phenolic OH excluding ortho intramolecular Hbond substituents is 2. The molecule has 0 saturated carbocycles. The highest BCUT2D eigenvalue weighted by atomic mass is 16.7. The maximum Gasteiger partial charge on any atom is 0.338 e. The van der Waals surface area contributed by atoms with Gasteiger partial charge >= 0.3 is 17.9 Å². The first kappa shape index (κ1) is 49.4. The Morgan fingerprint density at radius 1 is 0.708 bits per heavy atom. The van der Waals surface area contributed by atoms with Crippen LogP contribution in [0.3, 0.4) is 0 Å². The molecule has 1 fully saturated rings. The maximum atomic E-state index is 14.2. The summed E-state index contributed by atoms with van der Waals surface area (Å²) in [6.45, 7) is 0.147. The third-order valence-corrected chi connectivity index (χ3v) is 12.4. The lowest BCUT2D eigenvalue weighted by Gasteiger charge is -2.43. The van der Waals surface area contributed by atoms with E-state index >= 15 is 0 Å². The minimum atomic E-state index is -2.38. The number of hydrogen-bond donors (Lipinski definition) is 3. The lowest BCUT2D eigenvalue weighted by Crippen LogP contribution is -2.55. The van der Waals surface area contributed by atoms with Crippen LogP contribution in [0.2, 0.25) is 0 Å². The van der Waals surface area contributed by atoms with E-state index in [1.165, 1.54) is 25.3 Å². The Balaban J connectivity index is 1.21. The van der Waals surface area contributed by atoms with E-state index in [0.29, 0.717) is 0 Å². The molecule has 1 aliphatic heterocycles. The number of nitrogens with zero attached hydrogens (tertiary/aromatic N) is 3. The number of methoxy groups -OCH3 is 1. The highest BCUT2D eigenvalue weighted by Crippen LogP contribution is 2.53. The highest BCUT2D eigenvalue weighted by Gasteiger charge is 2.51. The van der Waals surface area contributed by atoms with Crippen molar-refractivity contribution >= 4 is 52.3 Å². The summed E-state index contributed by atoms with van der Waals surface area (Å²) in [6, 6.07) is 16.6. The molecule has 72 heavy (non-hydrogen) atoms. The van der Waals surface area contributed by atoms with E-state index in [-0.39, 0.29) is 61.8 Å². The molecule has 1 heterocycles. The first-order chi connectivity index (χ1) is 34.2. The van der Waals surface area contributed by atoms with Gasteiger partial charge in [-0.05, 0) is 49.4 Å². The largest absolute Gasteiger partial charge is 0.507 e. The van der Waals surface area contributed by atoms with Gasteiger partial charge in [-0.2, -0.15) is 0 Å². The SMILES string of the molecule is COc1cccc2c1C(=O)c1c(O)c3c(c(O)c1C2=O)CC(O)(C(C)=O)CC3OC1CC(OC(=O)c2ccc([N+](=O)[O-])cc2)C(OC(=O)c2ccc([N+](=O)[O-])cc2)C(COC(=O)c2ccc([N+](=O)[O-])cc2)O1. The van der Waals surface area contributed by atoms with E-state index in [2.05, 4.69) is 0 Å². The fourth-order valence-electron chi connectivity index (χ4n) is 8.66. The normalized spacial score (nSPS) is 21.0. The van der Waals surface area contributed by atoms with E-state index in [1.807, 2.05) is 0 Å².